The molecule has 3 nitrogen and oxygen atoms in total. The summed E-state index contributed by atoms with van der Waals surface area (Å²) in [6, 6.07) is 0. The van der Waals surface area contributed by atoms with Crippen molar-refractivity contribution in [2.45, 2.75) is 27.2 Å². The smallest absolute Gasteiger partial charge is 0.107 e. The molecule has 0 aromatic rings. The molecule has 0 aliphatic rings. The van der Waals surface area contributed by atoms with Crippen LogP contribution in [0.2, 0.25) is 0 Å². The van der Waals surface area contributed by atoms with Crippen LogP contribution in [0.3, 0.4) is 0 Å². The van der Waals surface area contributed by atoms with E-state index >= 15 is 0 Å². The Bertz CT molecular complexity index is 188. The van der Waals surface area contributed by atoms with Crippen molar-refractivity contribution in [2.24, 2.45) is 5.41 Å². The molecule has 0 rings (SSSR count). The molecule has 0 heterocycles. The Hall–Kier alpha value is -0.560. The first-order chi connectivity index (χ1) is 7.56. The molecule has 3 heteroatoms. The summed E-state index contributed by atoms with van der Waals surface area (Å²) in [5.74, 6) is 2.40. The fraction of sp³-hybridized carbons (Fsp3) is 0.846. The number of rotatable bonds is 9. The molecule has 0 fully saturated rings. The molecular weight excluding hydrogens is 204 g/mol. The van der Waals surface area contributed by atoms with Crippen molar-refractivity contribution in [1.82, 2.24) is 0 Å². The highest BCUT2D eigenvalue weighted by molar-refractivity contribution is 4.82. The molecule has 0 bridgehead atoms. The molecule has 0 saturated heterocycles. The molecule has 0 saturated carbocycles. The first kappa shape index (κ1) is 15.4. The van der Waals surface area contributed by atoms with Crippen molar-refractivity contribution in [1.29, 1.82) is 0 Å². The first-order valence-corrected chi connectivity index (χ1v) is 5.73. The van der Waals surface area contributed by atoms with E-state index in [-0.39, 0.29) is 0 Å². The molecule has 0 atom stereocenters. The Morgan fingerprint density at radius 2 is 1.38 bits per heavy atom. The fourth-order valence-electron chi connectivity index (χ4n) is 0.949. The highest BCUT2D eigenvalue weighted by Crippen LogP contribution is 2.17. The Labute approximate surface area is 99.5 Å². The molecule has 0 aromatic heterocycles. The van der Waals surface area contributed by atoms with Crippen LogP contribution in [0.5, 0.6) is 0 Å². The van der Waals surface area contributed by atoms with Crippen LogP contribution in [-0.2, 0) is 14.2 Å². The normalized spacial score (nSPS) is 11.4. The molecule has 0 amide bonds. The van der Waals surface area contributed by atoms with E-state index in [1.807, 2.05) is 0 Å². The van der Waals surface area contributed by atoms with Gasteiger partial charge in [0.05, 0.1) is 26.4 Å². The van der Waals surface area contributed by atoms with Crippen LogP contribution in [0.1, 0.15) is 27.2 Å². The average molecular weight is 228 g/mol. The van der Waals surface area contributed by atoms with Gasteiger partial charge in [-0.3, -0.25) is 0 Å². The third kappa shape index (κ3) is 13.4. The summed E-state index contributed by atoms with van der Waals surface area (Å²) >= 11 is 0. The zero-order valence-corrected chi connectivity index (χ0v) is 10.8. The number of hydrogen-bond acceptors (Lipinski definition) is 3. The summed E-state index contributed by atoms with van der Waals surface area (Å²) in [5, 5.41) is 0. The lowest BCUT2D eigenvalue weighted by Gasteiger charge is -2.17. The van der Waals surface area contributed by atoms with Crippen molar-refractivity contribution in [3.8, 4) is 12.3 Å². The van der Waals surface area contributed by atoms with Crippen molar-refractivity contribution in [3.63, 3.8) is 0 Å². The van der Waals surface area contributed by atoms with E-state index in [4.69, 9.17) is 20.6 Å². The van der Waals surface area contributed by atoms with E-state index in [1.54, 1.807) is 0 Å². The molecule has 16 heavy (non-hydrogen) atoms. The van der Waals surface area contributed by atoms with Gasteiger partial charge in [-0.1, -0.05) is 26.7 Å². The second-order valence-electron chi connectivity index (χ2n) is 4.79. The van der Waals surface area contributed by atoms with Gasteiger partial charge in [0.2, 0.25) is 0 Å². The van der Waals surface area contributed by atoms with E-state index in [2.05, 4.69) is 26.7 Å². The summed E-state index contributed by atoms with van der Waals surface area (Å²) in [6.07, 6.45) is 6.09. The Balaban J connectivity index is 3.02. The first-order valence-electron chi connectivity index (χ1n) is 5.73. The third-order valence-corrected chi connectivity index (χ3v) is 1.93. The quantitative estimate of drug-likeness (QED) is 0.447. The zero-order valence-electron chi connectivity index (χ0n) is 10.8. The molecule has 0 N–H and O–H groups in total. The standard InChI is InChI=1S/C13H24O3/c1-5-7-14-9-11-16-12-10-15-8-6-13(2,3)4/h1H,6-12H2,2-4H3. The van der Waals surface area contributed by atoms with Gasteiger partial charge in [0.1, 0.15) is 6.61 Å². The van der Waals surface area contributed by atoms with Crippen LogP contribution in [0, 0.1) is 17.8 Å². The molecule has 0 spiro atoms. The lowest BCUT2D eigenvalue weighted by Crippen LogP contribution is -2.13. The van der Waals surface area contributed by atoms with Gasteiger partial charge in [-0.25, -0.2) is 0 Å². The van der Waals surface area contributed by atoms with Crippen LogP contribution in [0.15, 0.2) is 0 Å². The van der Waals surface area contributed by atoms with Crippen molar-refractivity contribution in [3.05, 3.63) is 0 Å². The second-order valence-corrected chi connectivity index (χ2v) is 4.79. The largest absolute Gasteiger partial charge is 0.379 e. The Kier molecular flexibility index (Phi) is 9.31. The maximum Gasteiger partial charge on any atom is 0.107 e. The maximum absolute atomic E-state index is 5.44. The highest BCUT2D eigenvalue weighted by atomic mass is 16.5. The van der Waals surface area contributed by atoms with Gasteiger partial charge in [0.15, 0.2) is 0 Å². The van der Waals surface area contributed by atoms with E-state index in [9.17, 15) is 0 Å². The summed E-state index contributed by atoms with van der Waals surface area (Å²) in [4.78, 5) is 0. The minimum absolute atomic E-state index is 0.337. The Morgan fingerprint density at radius 3 is 1.88 bits per heavy atom. The molecular formula is C13H24O3. The van der Waals surface area contributed by atoms with Crippen LogP contribution < -0.4 is 0 Å². The summed E-state index contributed by atoms with van der Waals surface area (Å²) in [5.41, 5.74) is 0.337. The second kappa shape index (κ2) is 9.65. The Morgan fingerprint density at radius 1 is 0.875 bits per heavy atom. The van der Waals surface area contributed by atoms with Gasteiger partial charge in [-0.15, -0.1) is 6.42 Å². The van der Waals surface area contributed by atoms with Gasteiger partial charge < -0.3 is 14.2 Å². The minimum atomic E-state index is 0.337. The SMILES string of the molecule is C#CCOCCOCCOCCC(C)(C)C. The molecule has 94 valence electrons. The molecule has 0 aliphatic heterocycles. The van der Waals surface area contributed by atoms with Crippen molar-refractivity contribution >= 4 is 0 Å². The number of terminal acetylenes is 1. The van der Waals surface area contributed by atoms with E-state index in [0.29, 0.717) is 38.4 Å². The van der Waals surface area contributed by atoms with Crippen LogP contribution in [0.4, 0.5) is 0 Å². The third-order valence-electron chi connectivity index (χ3n) is 1.93. The maximum atomic E-state index is 5.44. The van der Waals surface area contributed by atoms with E-state index in [1.165, 1.54) is 0 Å². The topological polar surface area (TPSA) is 27.7 Å². The molecule has 0 aliphatic carbocycles. The average Bonchev–Trinajstić information content (AvgIpc) is 2.19. The monoisotopic (exact) mass is 228 g/mol. The van der Waals surface area contributed by atoms with Crippen molar-refractivity contribution < 1.29 is 14.2 Å². The summed E-state index contributed by atoms with van der Waals surface area (Å²) in [6.45, 7) is 10.1. The van der Waals surface area contributed by atoms with Crippen LogP contribution in [-0.4, -0.2) is 39.6 Å². The summed E-state index contributed by atoms with van der Waals surface area (Å²) in [7, 11) is 0. The van der Waals surface area contributed by atoms with Crippen LogP contribution in [0.25, 0.3) is 0 Å². The van der Waals surface area contributed by atoms with Crippen LogP contribution >= 0.6 is 0 Å². The fourth-order valence-corrected chi connectivity index (χ4v) is 0.949. The molecule has 0 aromatic carbocycles. The lowest BCUT2D eigenvalue weighted by molar-refractivity contribution is 0.0154. The van der Waals surface area contributed by atoms with Gasteiger partial charge >= 0.3 is 0 Å². The van der Waals surface area contributed by atoms with E-state index in [0.717, 1.165) is 13.0 Å². The molecule has 0 unspecified atom stereocenters. The zero-order chi connectivity index (χ0) is 12.3. The minimum Gasteiger partial charge on any atom is -0.379 e. The predicted octanol–water partition coefficient (Wildman–Crippen LogP) is 2.11. The van der Waals surface area contributed by atoms with Gasteiger partial charge in [-0.2, -0.15) is 0 Å². The summed E-state index contributed by atoms with van der Waals surface area (Å²) < 4.78 is 15.8. The highest BCUT2D eigenvalue weighted by Gasteiger charge is 2.08. The van der Waals surface area contributed by atoms with E-state index < -0.39 is 0 Å². The number of hydrogen-bond donors (Lipinski definition) is 0. The van der Waals surface area contributed by atoms with Crippen molar-refractivity contribution in [2.75, 3.05) is 39.6 Å². The molecule has 0 radical (unpaired) electrons. The lowest BCUT2D eigenvalue weighted by atomic mass is 9.93. The van der Waals surface area contributed by atoms with Gasteiger partial charge in [0.25, 0.3) is 0 Å². The number of ether oxygens (including phenoxy) is 3. The predicted molar refractivity (Wildman–Crippen MR) is 65.4 cm³/mol. The van der Waals surface area contributed by atoms with Gasteiger partial charge in [-0.05, 0) is 11.8 Å². The van der Waals surface area contributed by atoms with Gasteiger partial charge in [0, 0.05) is 6.61 Å².